The first-order valence-corrected chi connectivity index (χ1v) is 8.47. The van der Waals surface area contributed by atoms with Crippen LogP contribution in [0.25, 0.3) is 0 Å². The van der Waals surface area contributed by atoms with E-state index in [1.54, 1.807) is 7.11 Å². The standard InChI is InChI=1S/C17H33O4/c1-19-15-16-20-13-11-9-7-5-3-2-4-6-8-10-12-14-21-17-18/h2-16H2,1H3. The zero-order valence-electron chi connectivity index (χ0n) is 13.7. The van der Waals surface area contributed by atoms with E-state index in [1.807, 2.05) is 0 Å². The van der Waals surface area contributed by atoms with Crippen molar-refractivity contribution in [2.24, 2.45) is 0 Å². The molecule has 0 fully saturated rings. The second-order valence-electron chi connectivity index (χ2n) is 5.43. The summed E-state index contributed by atoms with van der Waals surface area (Å²) in [5, 5.41) is 0. The van der Waals surface area contributed by atoms with E-state index in [0.29, 0.717) is 13.2 Å². The molecule has 0 saturated heterocycles. The molecule has 0 aliphatic carbocycles. The summed E-state index contributed by atoms with van der Waals surface area (Å²) in [4.78, 5) is 9.81. The second-order valence-corrected chi connectivity index (χ2v) is 5.43. The topological polar surface area (TPSA) is 44.8 Å². The Bertz CT molecular complexity index is 197. The number of carbonyl (C=O) groups excluding carboxylic acids is 1. The van der Waals surface area contributed by atoms with Crippen LogP contribution in [0, 0.1) is 0 Å². The van der Waals surface area contributed by atoms with Crippen molar-refractivity contribution in [2.45, 2.75) is 70.6 Å². The van der Waals surface area contributed by atoms with Crippen LogP contribution in [0.2, 0.25) is 0 Å². The fourth-order valence-electron chi connectivity index (χ4n) is 2.26. The lowest BCUT2D eigenvalue weighted by atomic mass is 10.1. The Hall–Kier alpha value is -0.610. The predicted molar refractivity (Wildman–Crippen MR) is 85.1 cm³/mol. The Labute approximate surface area is 130 Å². The van der Waals surface area contributed by atoms with E-state index in [2.05, 4.69) is 4.74 Å². The highest BCUT2D eigenvalue weighted by molar-refractivity contribution is 5.37. The largest absolute Gasteiger partial charge is 0.457 e. The molecule has 125 valence electrons. The van der Waals surface area contributed by atoms with Crippen molar-refractivity contribution in [1.29, 1.82) is 0 Å². The highest BCUT2D eigenvalue weighted by atomic mass is 16.5. The average Bonchev–Trinajstić information content (AvgIpc) is 2.50. The first-order valence-electron chi connectivity index (χ1n) is 8.47. The molecule has 0 heterocycles. The van der Waals surface area contributed by atoms with E-state index in [9.17, 15) is 4.79 Å². The minimum absolute atomic E-state index is 0.526. The average molecular weight is 301 g/mol. The SMILES string of the molecule is COCCOCCCCCCCCCCCCCO[C]=O. The molecule has 0 aromatic rings. The van der Waals surface area contributed by atoms with Gasteiger partial charge < -0.3 is 14.2 Å². The molecule has 0 unspecified atom stereocenters. The lowest BCUT2D eigenvalue weighted by molar-refractivity contribution is 0.0685. The van der Waals surface area contributed by atoms with E-state index in [4.69, 9.17) is 9.47 Å². The molecule has 0 aliphatic rings. The number of hydrogen-bond donors (Lipinski definition) is 0. The Morgan fingerprint density at radius 2 is 1.10 bits per heavy atom. The van der Waals surface area contributed by atoms with Crippen molar-refractivity contribution in [2.75, 3.05) is 33.5 Å². The summed E-state index contributed by atoms with van der Waals surface area (Å²) in [7, 11) is 1.70. The summed E-state index contributed by atoms with van der Waals surface area (Å²) in [6, 6.07) is 0. The number of hydrogen-bond acceptors (Lipinski definition) is 4. The number of ether oxygens (including phenoxy) is 3. The van der Waals surface area contributed by atoms with Gasteiger partial charge in [0.1, 0.15) is 0 Å². The van der Waals surface area contributed by atoms with E-state index in [-0.39, 0.29) is 0 Å². The molecule has 0 saturated carbocycles. The molecule has 0 aromatic heterocycles. The quantitative estimate of drug-likeness (QED) is 0.359. The van der Waals surface area contributed by atoms with Gasteiger partial charge in [0.15, 0.2) is 0 Å². The molecule has 0 bridgehead atoms. The van der Waals surface area contributed by atoms with Gasteiger partial charge in [0.05, 0.1) is 19.8 Å². The third-order valence-corrected chi connectivity index (χ3v) is 3.53. The van der Waals surface area contributed by atoms with Gasteiger partial charge in [-0.25, -0.2) is 4.79 Å². The maximum absolute atomic E-state index is 9.81. The van der Waals surface area contributed by atoms with Gasteiger partial charge in [0, 0.05) is 13.7 Å². The van der Waals surface area contributed by atoms with Crippen molar-refractivity contribution >= 4 is 6.47 Å². The predicted octanol–water partition coefficient (Wildman–Crippen LogP) is 4.02. The molecular weight excluding hydrogens is 268 g/mol. The van der Waals surface area contributed by atoms with Gasteiger partial charge in [-0.1, -0.05) is 57.8 Å². The fourth-order valence-corrected chi connectivity index (χ4v) is 2.26. The van der Waals surface area contributed by atoms with Crippen LogP contribution in [0.15, 0.2) is 0 Å². The second kappa shape index (κ2) is 19.4. The molecule has 0 spiro atoms. The summed E-state index contributed by atoms with van der Waals surface area (Å²) >= 11 is 0. The fraction of sp³-hybridized carbons (Fsp3) is 0.941. The zero-order chi connectivity index (χ0) is 15.4. The van der Waals surface area contributed by atoms with Crippen LogP contribution in [0.5, 0.6) is 0 Å². The van der Waals surface area contributed by atoms with E-state index in [0.717, 1.165) is 26.1 Å². The molecule has 1 radical (unpaired) electrons. The van der Waals surface area contributed by atoms with Crippen molar-refractivity contribution in [1.82, 2.24) is 0 Å². The highest BCUT2D eigenvalue weighted by Gasteiger charge is 1.94. The third kappa shape index (κ3) is 19.4. The Kier molecular flexibility index (Phi) is 18.8. The maximum atomic E-state index is 9.81. The Balaban J connectivity index is 2.91. The van der Waals surface area contributed by atoms with Crippen LogP contribution >= 0.6 is 0 Å². The van der Waals surface area contributed by atoms with Crippen LogP contribution < -0.4 is 0 Å². The van der Waals surface area contributed by atoms with Crippen molar-refractivity contribution in [3.63, 3.8) is 0 Å². The molecular formula is C17H33O4. The van der Waals surface area contributed by atoms with Crippen molar-refractivity contribution in [3.8, 4) is 0 Å². The van der Waals surface area contributed by atoms with Crippen molar-refractivity contribution < 1.29 is 19.0 Å². The van der Waals surface area contributed by atoms with E-state index < -0.39 is 0 Å². The monoisotopic (exact) mass is 301 g/mol. The van der Waals surface area contributed by atoms with Gasteiger partial charge in [0.2, 0.25) is 0 Å². The summed E-state index contributed by atoms with van der Waals surface area (Å²) in [5.74, 6) is 0. The molecule has 0 atom stereocenters. The first kappa shape index (κ1) is 20.4. The molecule has 0 N–H and O–H groups in total. The Morgan fingerprint density at radius 1 is 0.619 bits per heavy atom. The van der Waals surface area contributed by atoms with Gasteiger partial charge in [-0.2, -0.15) is 0 Å². The van der Waals surface area contributed by atoms with Crippen LogP contribution in [0.4, 0.5) is 0 Å². The minimum Gasteiger partial charge on any atom is -0.457 e. The lowest BCUT2D eigenvalue weighted by Gasteiger charge is -2.04. The molecule has 21 heavy (non-hydrogen) atoms. The highest BCUT2D eigenvalue weighted by Crippen LogP contribution is 2.11. The van der Waals surface area contributed by atoms with Crippen molar-refractivity contribution in [3.05, 3.63) is 0 Å². The normalized spacial score (nSPS) is 10.7. The molecule has 0 aromatic carbocycles. The third-order valence-electron chi connectivity index (χ3n) is 3.53. The van der Waals surface area contributed by atoms with Gasteiger partial charge in [-0.05, 0) is 12.8 Å². The van der Waals surface area contributed by atoms with Gasteiger partial charge in [0.25, 0.3) is 0 Å². The molecule has 0 rings (SSSR count). The van der Waals surface area contributed by atoms with Gasteiger partial charge >= 0.3 is 6.47 Å². The first-order chi connectivity index (χ1) is 10.4. The number of unbranched alkanes of at least 4 members (excludes halogenated alkanes) is 10. The molecule has 0 amide bonds. The lowest BCUT2D eigenvalue weighted by Crippen LogP contribution is -2.02. The van der Waals surface area contributed by atoms with E-state index in [1.165, 1.54) is 64.3 Å². The summed E-state index contributed by atoms with van der Waals surface area (Å²) in [5.41, 5.74) is 0. The van der Waals surface area contributed by atoms with Crippen LogP contribution in [0.3, 0.4) is 0 Å². The maximum Gasteiger partial charge on any atom is 0.417 e. The van der Waals surface area contributed by atoms with Gasteiger partial charge in [-0.15, -0.1) is 0 Å². The number of methoxy groups -OCH3 is 1. The van der Waals surface area contributed by atoms with E-state index >= 15 is 0 Å². The molecule has 0 aliphatic heterocycles. The number of rotatable bonds is 18. The molecule has 4 nitrogen and oxygen atoms in total. The summed E-state index contributed by atoms with van der Waals surface area (Å²) in [6.07, 6.45) is 13.8. The van der Waals surface area contributed by atoms with Crippen LogP contribution in [0.1, 0.15) is 70.6 Å². The minimum atomic E-state index is 0.526. The molecule has 4 heteroatoms. The smallest absolute Gasteiger partial charge is 0.417 e. The zero-order valence-corrected chi connectivity index (χ0v) is 13.7. The van der Waals surface area contributed by atoms with Gasteiger partial charge in [-0.3, -0.25) is 0 Å². The Morgan fingerprint density at radius 3 is 1.57 bits per heavy atom. The van der Waals surface area contributed by atoms with Crippen LogP contribution in [-0.2, 0) is 19.0 Å². The summed E-state index contributed by atoms with van der Waals surface area (Å²) in [6.45, 7) is 4.27. The summed E-state index contributed by atoms with van der Waals surface area (Å²) < 4.78 is 14.9. The van der Waals surface area contributed by atoms with Crippen LogP contribution in [-0.4, -0.2) is 40.0 Å².